The standard InChI is InChI=1S/C8H12O6/c9-4-2-14-8(1-6(11)12)5(10)3-13-7(4)8/h4-5,7,9-10H,1-3H2,(H,11,12)/p-1/t4-,5+,7-,8+/m1/s1. The molecule has 0 saturated carbocycles. The van der Waals surface area contributed by atoms with Crippen LogP contribution in [0.4, 0.5) is 0 Å². The Balaban J connectivity index is 2.23. The average molecular weight is 203 g/mol. The third kappa shape index (κ3) is 1.23. The van der Waals surface area contributed by atoms with Gasteiger partial charge in [-0.05, 0) is 0 Å². The second-order valence-corrected chi connectivity index (χ2v) is 3.65. The molecule has 0 aromatic rings. The van der Waals surface area contributed by atoms with E-state index in [1.54, 1.807) is 0 Å². The number of rotatable bonds is 2. The fraction of sp³-hybridized carbons (Fsp3) is 0.875. The highest BCUT2D eigenvalue weighted by molar-refractivity contribution is 5.66. The van der Waals surface area contributed by atoms with Gasteiger partial charge in [0.15, 0.2) is 0 Å². The second kappa shape index (κ2) is 3.16. The highest BCUT2D eigenvalue weighted by Gasteiger charge is 2.59. The average Bonchev–Trinajstić information content (AvgIpc) is 2.55. The van der Waals surface area contributed by atoms with E-state index in [-0.39, 0.29) is 13.2 Å². The van der Waals surface area contributed by atoms with Crippen LogP contribution < -0.4 is 5.11 Å². The zero-order valence-electron chi connectivity index (χ0n) is 7.38. The highest BCUT2D eigenvalue weighted by atomic mass is 16.6. The number of ether oxygens (including phenoxy) is 2. The van der Waals surface area contributed by atoms with E-state index in [4.69, 9.17) is 9.47 Å². The van der Waals surface area contributed by atoms with E-state index in [1.165, 1.54) is 0 Å². The molecule has 2 saturated heterocycles. The predicted molar refractivity (Wildman–Crippen MR) is 40.1 cm³/mol. The van der Waals surface area contributed by atoms with Gasteiger partial charge in [0.25, 0.3) is 0 Å². The fourth-order valence-corrected chi connectivity index (χ4v) is 2.10. The van der Waals surface area contributed by atoms with Gasteiger partial charge in [-0.2, -0.15) is 0 Å². The largest absolute Gasteiger partial charge is 0.550 e. The number of fused-ring (bicyclic) bond motifs is 1. The molecule has 14 heavy (non-hydrogen) atoms. The van der Waals surface area contributed by atoms with E-state index in [1.807, 2.05) is 0 Å². The van der Waals surface area contributed by atoms with Crippen LogP contribution in [-0.4, -0.2) is 53.3 Å². The molecule has 2 heterocycles. The Kier molecular flexibility index (Phi) is 2.23. The van der Waals surface area contributed by atoms with Crippen LogP contribution in [0.1, 0.15) is 6.42 Å². The Labute approximate surface area is 80.1 Å². The maximum Gasteiger partial charge on any atom is 0.130 e. The lowest BCUT2D eigenvalue weighted by Crippen LogP contribution is -2.50. The van der Waals surface area contributed by atoms with Crippen LogP contribution in [-0.2, 0) is 14.3 Å². The van der Waals surface area contributed by atoms with Crippen molar-refractivity contribution in [3.8, 4) is 0 Å². The van der Waals surface area contributed by atoms with Crippen LogP contribution in [0, 0.1) is 0 Å². The lowest BCUT2D eigenvalue weighted by molar-refractivity contribution is -0.310. The van der Waals surface area contributed by atoms with Gasteiger partial charge in [-0.1, -0.05) is 0 Å². The van der Waals surface area contributed by atoms with Crippen molar-refractivity contribution in [3.63, 3.8) is 0 Å². The molecule has 0 radical (unpaired) electrons. The first-order chi connectivity index (χ1) is 6.56. The van der Waals surface area contributed by atoms with Crippen molar-refractivity contribution in [2.75, 3.05) is 13.2 Å². The molecule has 0 bridgehead atoms. The van der Waals surface area contributed by atoms with Gasteiger partial charge in [-0.25, -0.2) is 0 Å². The summed E-state index contributed by atoms with van der Waals surface area (Å²) in [6, 6.07) is 0. The molecule has 2 aliphatic rings. The number of aliphatic hydroxyl groups excluding tert-OH is 2. The van der Waals surface area contributed by atoms with Crippen LogP contribution in [0.25, 0.3) is 0 Å². The van der Waals surface area contributed by atoms with E-state index in [2.05, 4.69) is 0 Å². The van der Waals surface area contributed by atoms with Crippen LogP contribution >= 0.6 is 0 Å². The van der Waals surface area contributed by atoms with Gasteiger partial charge in [0, 0.05) is 12.4 Å². The Hall–Kier alpha value is -0.690. The van der Waals surface area contributed by atoms with Crippen molar-refractivity contribution in [1.29, 1.82) is 0 Å². The summed E-state index contributed by atoms with van der Waals surface area (Å²) >= 11 is 0. The predicted octanol–water partition coefficient (Wildman–Crippen LogP) is -2.98. The van der Waals surface area contributed by atoms with Crippen molar-refractivity contribution in [1.82, 2.24) is 0 Å². The van der Waals surface area contributed by atoms with Crippen molar-refractivity contribution < 1.29 is 29.6 Å². The zero-order chi connectivity index (χ0) is 10.3. The Bertz CT molecular complexity index is 254. The molecule has 0 spiro atoms. The Morgan fingerprint density at radius 1 is 1.50 bits per heavy atom. The molecule has 6 heteroatoms. The minimum absolute atomic E-state index is 0.0188. The number of carboxylic acids is 1. The summed E-state index contributed by atoms with van der Waals surface area (Å²) in [6.45, 7) is -0.0377. The molecule has 0 amide bonds. The van der Waals surface area contributed by atoms with Gasteiger partial charge < -0.3 is 29.6 Å². The molecule has 80 valence electrons. The molecule has 6 nitrogen and oxygen atoms in total. The fourth-order valence-electron chi connectivity index (χ4n) is 2.10. The SMILES string of the molecule is O=C([O-])C[C@@]12OC[C@@H](O)[C@H]1OC[C@@H]2O. The van der Waals surface area contributed by atoms with Crippen LogP contribution in [0.2, 0.25) is 0 Å². The number of carbonyl (C=O) groups is 1. The maximum absolute atomic E-state index is 10.5. The quantitative estimate of drug-likeness (QED) is 0.496. The number of hydrogen-bond donors (Lipinski definition) is 2. The highest BCUT2D eigenvalue weighted by Crippen LogP contribution is 2.40. The normalized spacial score (nSPS) is 46.6. The zero-order valence-corrected chi connectivity index (χ0v) is 7.38. The molecule has 0 unspecified atom stereocenters. The molecule has 2 rings (SSSR count). The summed E-state index contributed by atoms with van der Waals surface area (Å²) in [5.74, 6) is -1.33. The molecule has 0 aliphatic carbocycles. The van der Waals surface area contributed by atoms with Crippen LogP contribution in [0.5, 0.6) is 0 Å². The minimum atomic E-state index is -1.33. The number of aliphatic carboxylic acids is 1. The third-order valence-electron chi connectivity index (χ3n) is 2.77. The number of carbonyl (C=O) groups excluding carboxylic acids is 1. The molecule has 4 atom stereocenters. The lowest BCUT2D eigenvalue weighted by atomic mass is 9.89. The first-order valence-corrected chi connectivity index (χ1v) is 4.38. The van der Waals surface area contributed by atoms with E-state index in [0.717, 1.165) is 0 Å². The van der Waals surface area contributed by atoms with Crippen molar-refractivity contribution in [2.45, 2.75) is 30.3 Å². The monoisotopic (exact) mass is 203 g/mol. The number of hydrogen-bond acceptors (Lipinski definition) is 6. The first kappa shape index (κ1) is 9.85. The van der Waals surface area contributed by atoms with E-state index in [0.29, 0.717) is 0 Å². The summed E-state index contributed by atoms with van der Waals surface area (Å²) < 4.78 is 10.2. The summed E-state index contributed by atoms with van der Waals surface area (Å²) in [5, 5.41) is 29.5. The van der Waals surface area contributed by atoms with E-state index < -0.39 is 36.3 Å². The van der Waals surface area contributed by atoms with Crippen molar-refractivity contribution in [2.24, 2.45) is 0 Å². The molecular weight excluding hydrogens is 192 g/mol. The third-order valence-corrected chi connectivity index (χ3v) is 2.77. The van der Waals surface area contributed by atoms with Crippen molar-refractivity contribution in [3.05, 3.63) is 0 Å². The van der Waals surface area contributed by atoms with E-state index in [9.17, 15) is 20.1 Å². The summed E-state index contributed by atoms with van der Waals surface area (Å²) in [4.78, 5) is 10.5. The summed E-state index contributed by atoms with van der Waals surface area (Å²) in [7, 11) is 0. The molecule has 2 N–H and O–H groups in total. The van der Waals surface area contributed by atoms with Crippen LogP contribution in [0.3, 0.4) is 0 Å². The van der Waals surface area contributed by atoms with Gasteiger partial charge in [0.2, 0.25) is 0 Å². The topological polar surface area (TPSA) is 99.1 Å². The van der Waals surface area contributed by atoms with Gasteiger partial charge in [0.05, 0.1) is 13.2 Å². The minimum Gasteiger partial charge on any atom is -0.550 e. The lowest BCUT2D eigenvalue weighted by Gasteiger charge is -2.30. The molecular formula is C8H11O6-. The second-order valence-electron chi connectivity index (χ2n) is 3.65. The van der Waals surface area contributed by atoms with Crippen molar-refractivity contribution >= 4 is 5.97 Å². The first-order valence-electron chi connectivity index (χ1n) is 4.38. The van der Waals surface area contributed by atoms with Crippen LogP contribution in [0.15, 0.2) is 0 Å². The number of aliphatic hydroxyl groups is 2. The molecule has 2 fully saturated rings. The van der Waals surface area contributed by atoms with Gasteiger partial charge >= 0.3 is 0 Å². The van der Waals surface area contributed by atoms with Gasteiger partial charge in [-0.3, -0.25) is 0 Å². The molecule has 0 aromatic carbocycles. The summed E-state index contributed by atoms with van der Waals surface area (Å²) in [5.41, 5.74) is -1.32. The summed E-state index contributed by atoms with van der Waals surface area (Å²) in [6.07, 6.45) is -3.14. The molecule has 0 aromatic heterocycles. The Morgan fingerprint density at radius 3 is 2.86 bits per heavy atom. The molecule has 2 aliphatic heterocycles. The van der Waals surface area contributed by atoms with E-state index >= 15 is 0 Å². The number of carboxylic acid groups (broad SMARTS) is 1. The van der Waals surface area contributed by atoms with Gasteiger partial charge in [0.1, 0.15) is 23.9 Å². The maximum atomic E-state index is 10.5. The Morgan fingerprint density at radius 2 is 2.21 bits per heavy atom. The smallest absolute Gasteiger partial charge is 0.130 e. The van der Waals surface area contributed by atoms with Gasteiger partial charge in [-0.15, -0.1) is 0 Å².